The van der Waals surface area contributed by atoms with Crippen molar-refractivity contribution in [3.8, 4) is 11.5 Å². The molecule has 0 saturated carbocycles. The van der Waals surface area contributed by atoms with Crippen molar-refractivity contribution in [1.82, 2.24) is 5.32 Å². The number of fused-ring (bicyclic) bond motifs is 1. The molecule has 0 fully saturated rings. The Hall–Kier alpha value is -2.65. The van der Waals surface area contributed by atoms with Gasteiger partial charge in [-0.3, -0.25) is 14.9 Å². The van der Waals surface area contributed by atoms with E-state index >= 15 is 0 Å². The van der Waals surface area contributed by atoms with Crippen LogP contribution in [0.5, 0.6) is 11.5 Å². The fourth-order valence-electron chi connectivity index (χ4n) is 3.29. The molecule has 2 amide bonds. The molecule has 0 atom stereocenters. The van der Waals surface area contributed by atoms with E-state index < -0.39 is 11.8 Å². The molecule has 0 spiro atoms. The van der Waals surface area contributed by atoms with Gasteiger partial charge in [0.25, 0.3) is 11.8 Å². The minimum atomic E-state index is -0.498. The van der Waals surface area contributed by atoms with Crippen molar-refractivity contribution in [1.29, 1.82) is 0 Å². The van der Waals surface area contributed by atoms with Crippen molar-refractivity contribution in [2.45, 2.75) is 25.7 Å². The molecule has 2 aromatic rings. The number of benzene rings is 1. The highest BCUT2D eigenvalue weighted by Gasteiger charge is 2.25. The Bertz CT molecular complexity index is 917. The summed E-state index contributed by atoms with van der Waals surface area (Å²) in [6.45, 7) is 0. The monoisotopic (exact) mass is 419 g/mol. The van der Waals surface area contributed by atoms with Crippen LogP contribution < -0.4 is 25.8 Å². The summed E-state index contributed by atoms with van der Waals surface area (Å²) in [4.78, 5) is 25.8. The van der Waals surface area contributed by atoms with Crippen LogP contribution in [0.25, 0.3) is 0 Å². The zero-order valence-corrected chi connectivity index (χ0v) is 17.2. The number of thiophene rings is 1. The molecule has 0 aliphatic heterocycles. The molecule has 1 aliphatic rings. The second kappa shape index (κ2) is 8.57. The average Bonchev–Trinajstić information content (AvgIpc) is 3.04. The van der Waals surface area contributed by atoms with Gasteiger partial charge in [-0.25, -0.2) is 0 Å². The maximum atomic E-state index is 12.7. The summed E-state index contributed by atoms with van der Waals surface area (Å²) in [6.07, 6.45) is 3.85. The van der Waals surface area contributed by atoms with Crippen molar-refractivity contribution in [3.05, 3.63) is 39.8 Å². The molecule has 0 bridgehead atoms. The summed E-state index contributed by atoms with van der Waals surface area (Å²) in [5.74, 6) is -0.246. The van der Waals surface area contributed by atoms with E-state index in [1.54, 1.807) is 18.2 Å². The first-order valence-corrected chi connectivity index (χ1v) is 9.96. The first-order valence-electron chi connectivity index (χ1n) is 8.74. The number of carbonyl (C=O) groups excluding carboxylic acids is 2. The van der Waals surface area contributed by atoms with Gasteiger partial charge in [0.1, 0.15) is 22.1 Å². The summed E-state index contributed by atoms with van der Waals surface area (Å²) < 4.78 is 10.5. The number of hydrogen-bond acceptors (Lipinski definition) is 6. The second-order valence-electron chi connectivity index (χ2n) is 6.23. The Morgan fingerprint density at radius 2 is 1.75 bits per heavy atom. The molecule has 0 unspecified atom stereocenters. The van der Waals surface area contributed by atoms with Gasteiger partial charge in [-0.05, 0) is 55.6 Å². The number of nitrogens with one attached hydrogen (secondary N) is 2. The van der Waals surface area contributed by atoms with Crippen molar-refractivity contribution < 1.29 is 19.1 Å². The Morgan fingerprint density at radius 1 is 1.11 bits per heavy atom. The molecule has 1 aliphatic carbocycles. The molecule has 28 heavy (non-hydrogen) atoms. The normalized spacial score (nSPS) is 12.6. The highest BCUT2D eigenvalue weighted by atomic mass is 32.1. The zero-order valence-electron chi connectivity index (χ0n) is 15.6. The third-order valence-electron chi connectivity index (χ3n) is 4.53. The van der Waals surface area contributed by atoms with Gasteiger partial charge in [0.15, 0.2) is 5.11 Å². The molecule has 0 radical (unpaired) electrons. The fourth-order valence-corrected chi connectivity index (χ4v) is 4.85. The molecular weight excluding hydrogens is 398 g/mol. The van der Waals surface area contributed by atoms with Crippen molar-refractivity contribution in [2.75, 3.05) is 19.5 Å². The molecule has 1 heterocycles. The number of rotatable bonds is 5. The number of aryl methyl sites for hydroxylation is 1. The number of nitrogens with two attached hydrogens (primary N) is 1. The van der Waals surface area contributed by atoms with E-state index in [2.05, 4.69) is 10.6 Å². The van der Waals surface area contributed by atoms with Crippen LogP contribution in [0.1, 0.15) is 44.0 Å². The highest BCUT2D eigenvalue weighted by Crippen LogP contribution is 2.38. The standard InChI is InChI=1S/C19H21N3O4S2/c1-25-11-7-5-8-12(26-2)15(11)17(24)21-19(27)22-18-14(16(20)23)10-6-3-4-9-13(10)28-18/h5,7-8H,3-4,6,9H2,1-2H3,(H2,20,23)(H2,21,22,24,27). The molecule has 0 saturated heterocycles. The van der Waals surface area contributed by atoms with Gasteiger partial charge in [0.2, 0.25) is 0 Å². The van der Waals surface area contributed by atoms with Crippen LogP contribution in [0.15, 0.2) is 18.2 Å². The van der Waals surface area contributed by atoms with E-state index in [1.807, 2.05) is 0 Å². The second-order valence-corrected chi connectivity index (χ2v) is 7.74. The summed E-state index contributed by atoms with van der Waals surface area (Å²) >= 11 is 6.74. The average molecular weight is 420 g/mol. The predicted molar refractivity (Wildman–Crippen MR) is 113 cm³/mol. The fraction of sp³-hybridized carbons (Fsp3) is 0.316. The van der Waals surface area contributed by atoms with Crippen LogP contribution in [0.2, 0.25) is 0 Å². The summed E-state index contributed by atoms with van der Waals surface area (Å²) in [7, 11) is 2.94. The largest absolute Gasteiger partial charge is 0.496 e. The van der Waals surface area contributed by atoms with Crippen molar-refractivity contribution in [2.24, 2.45) is 5.73 Å². The van der Waals surface area contributed by atoms with Crippen LogP contribution in [-0.4, -0.2) is 31.1 Å². The Morgan fingerprint density at radius 3 is 2.36 bits per heavy atom. The number of ether oxygens (including phenoxy) is 2. The predicted octanol–water partition coefficient (Wildman–Crippen LogP) is 2.87. The third kappa shape index (κ3) is 3.95. The summed E-state index contributed by atoms with van der Waals surface area (Å²) in [6, 6.07) is 5.04. The van der Waals surface area contributed by atoms with Crippen LogP contribution in [0, 0.1) is 0 Å². The third-order valence-corrected chi connectivity index (χ3v) is 5.94. The van der Waals surface area contributed by atoms with Crippen LogP contribution in [-0.2, 0) is 12.8 Å². The van der Waals surface area contributed by atoms with E-state index in [-0.39, 0.29) is 10.7 Å². The van der Waals surface area contributed by atoms with E-state index in [1.165, 1.54) is 25.6 Å². The number of methoxy groups -OCH3 is 2. The molecule has 7 nitrogen and oxygen atoms in total. The van der Waals surface area contributed by atoms with Crippen LogP contribution >= 0.6 is 23.6 Å². The molecule has 148 valence electrons. The van der Waals surface area contributed by atoms with E-state index in [9.17, 15) is 9.59 Å². The van der Waals surface area contributed by atoms with Crippen molar-refractivity contribution in [3.63, 3.8) is 0 Å². The van der Waals surface area contributed by atoms with Gasteiger partial charge in [-0.1, -0.05) is 6.07 Å². The number of primary amides is 1. The molecule has 4 N–H and O–H groups in total. The SMILES string of the molecule is COc1cccc(OC)c1C(=O)NC(=S)Nc1sc2c(c1C(N)=O)CCCC2. The highest BCUT2D eigenvalue weighted by molar-refractivity contribution is 7.80. The van der Waals surface area contributed by atoms with Gasteiger partial charge in [0.05, 0.1) is 19.8 Å². The molecular formula is C19H21N3O4S2. The maximum absolute atomic E-state index is 12.7. The van der Waals surface area contributed by atoms with Crippen molar-refractivity contribution >= 4 is 45.5 Å². The smallest absolute Gasteiger partial charge is 0.264 e. The van der Waals surface area contributed by atoms with Gasteiger partial charge >= 0.3 is 0 Å². The number of thiocarbonyl (C=S) groups is 1. The lowest BCUT2D eigenvalue weighted by molar-refractivity contribution is 0.0969. The Labute approximate surface area is 172 Å². The number of hydrogen-bond donors (Lipinski definition) is 3. The quantitative estimate of drug-likeness (QED) is 0.644. The first kappa shape index (κ1) is 20.1. The number of anilines is 1. The molecule has 1 aromatic carbocycles. The molecule has 1 aromatic heterocycles. The van der Waals surface area contributed by atoms with Gasteiger partial charge < -0.3 is 20.5 Å². The first-order chi connectivity index (χ1) is 13.5. The molecule has 9 heteroatoms. The van der Waals surface area contributed by atoms with Crippen LogP contribution in [0.4, 0.5) is 5.00 Å². The van der Waals surface area contributed by atoms with Gasteiger partial charge in [0, 0.05) is 4.88 Å². The summed E-state index contributed by atoms with van der Waals surface area (Å²) in [5, 5.41) is 6.21. The lowest BCUT2D eigenvalue weighted by atomic mass is 9.95. The number of carbonyl (C=O) groups is 2. The topological polar surface area (TPSA) is 103 Å². The van der Waals surface area contributed by atoms with E-state index in [4.69, 9.17) is 27.4 Å². The minimum absolute atomic E-state index is 0.0686. The Kier molecular flexibility index (Phi) is 6.15. The van der Waals surface area contributed by atoms with E-state index in [0.29, 0.717) is 22.1 Å². The minimum Gasteiger partial charge on any atom is -0.496 e. The number of amides is 2. The maximum Gasteiger partial charge on any atom is 0.264 e. The lowest BCUT2D eigenvalue weighted by Gasteiger charge is -2.14. The Balaban J connectivity index is 1.81. The zero-order chi connectivity index (χ0) is 20.3. The van der Waals surface area contributed by atoms with E-state index in [0.717, 1.165) is 36.1 Å². The van der Waals surface area contributed by atoms with Gasteiger partial charge in [-0.15, -0.1) is 11.3 Å². The van der Waals surface area contributed by atoms with Crippen LogP contribution in [0.3, 0.4) is 0 Å². The molecule has 3 rings (SSSR count). The lowest BCUT2D eigenvalue weighted by Crippen LogP contribution is -2.35. The van der Waals surface area contributed by atoms with Gasteiger partial charge in [-0.2, -0.15) is 0 Å². The summed E-state index contributed by atoms with van der Waals surface area (Å²) in [5.41, 5.74) is 7.28.